The maximum Gasteiger partial charge on any atom is 0.325 e. The number of benzene rings is 2. The number of carbonyl (C=O) groups excluding carboxylic acids is 1. The topological polar surface area (TPSA) is 41.6 Å². The summed E-state index contributed by atoms with van der Waals surface area (Å²) in [7, 11) is 0. The number of hydrogen-bond acceptors (Lipinski definition) is 2. The highest BCUT2D eigenvalue weighted by atomic mass is 79.9. The van der Waals surface area contributed by atoms with E-state index in [0.29, 0.717) is 6.42 Å². The summed E-state index contributed by atoms with van der Waals surface area (Å²) in [6, 6.07) is 11.9. The summed E-state index contributed by atoms with van der Waals surface area (Å²) in [5.41, 5.74) is 3.39. The predicted octanol–water partition coefficient (Wildman–Crippen LogP) is 4.84. The number of hydrogen-bond donors (Lipinski definition) is 1. The van der Waals surface area contributed by atoms with Crippen molar-refractivity contribution in [2.24, 2.45) is 0 Å². The molecule has 0 radical (unpaired) electrons. The van der Waals surface area contributed by atoms with Gasteiger partial charge in [-0.1, -0.05) is 28.1 Å². The zero-order chi connectivity index (χ0) is 17.1. The lowest BCUT2D eigenvalue weighted by Crippen LogP contribution is -2.65. The molecule has 0 unspecified atom stereocenters. The lowest BCUT2D eigenvalue weighted by Gasteiger charge is -2.51. The summed E-state index contributed by atoms with van der Waals surface area (Å²) in [6.45, 7) is 6.04. The van der Waals surface area contributed by atoms with Crippen LogP contribution in [0.15, 0.2) is 40.9 Å². The third-order valence-electron chi connectivity index (χ3n) is 4.84. The Morgan fingerprint density at radius 3 is 2.83 bits per heavy atom. The molecule has 2 aromatic carbocycles. The van der Waals surface area contributed by atoms with Crippen LogP contribution in [0.25, 0.3) is 0 Å². The minimum Gasteiger partial charge on any atom is -0.467 e. The van der Waals surface area contributed by atoms with Crippen molar-refractivity contribution in [2.45, 2.75) is 39.0 Å². The number of nitrogens with one attached hydrogen (secondary N) is 1. The van der Waals surface area contributed by atoms with E-state index in [9.17, 15) is 4.79 Å². The first-order valence-corrected chi connectivity index (χ1v) is 8.83. The van der Waals surface area contributed by atoms with E-state index in [4.69, 9.17) is 4.74 Å². The van der Waals surface area contributed by atoms with Gasteiger partial charge in [-0.3, -0.25) is 4.90 Å². The molecule has 2 amide bonds. The first kappa shape index (κ1) is 15.5. The molecule has 1 fully saturated rings. The second kappa shape index (κ2) is 5.24. The lowest BCUT2D eigenvalue weighted by atomic mass is 9.89. The van der Waals surface area contributed by atoms with Gasteiger partial charge in [0.2, 0.25) is 0 Å². The van der Waals surface area contributed by atoms with Crippen molar-refractivity contribution in [3.05, 3.63) is 57.6 Å². The highest BCUT2D eigenvalue weighted by Crippen LogP contribution is 2.46. The summed E-state index contributed by atoms with van der Waals surface area (Å²) < 4.78 is 7.31. The molecule has 2 aliphatic heterocycles. The molecular formula is C19H19BrN2O2. The summed E-state index contributed by atoms with van der Waals surface area (Å²) >= 11 is 3.50. The first-order chi connectivity index (χ1) is 11.4. The second-order valence-electron chi connectivity index (χ2n) is 6.79. The molecule has 2 bridgehead atoms. The van der Waals surface area contributed by atoms with E-state index in [-0.39, 0.29) is 12.1 Å². The standard InChI is InChI=1S/C19H19BrN2O2/c1-11-4-5-12(2)16(8-11)22-18(23)21-15-10-19(22,3)24-17-7-6-13(20)9-14(15)17/h4-9,15H,10H2,1-3H3,(H,21,23)/t15-,19-/m0/s1. The Bertz CT molecular complexity index is 851. The molecule has 0 aliphatic carbocycles. The molecule has 1 N–H and O–H groups in total. The van der Waals surface area contributed by atoms with Crippen LogP contribution in [0.3, 0.4) is 0 Å². The van der Waals surface area contributed by atoms with Crippen molar-refractivity contribution in [1.29, 1.82) is 0 Å². The zero-order valence-corrected chi connectivity index (χ0v) is 15.5. The van der Waals surface area contributed by atoms with Crippen LogP contribution < -0.4 is 15.0 Å². The second-order valence-corrected chi connectivity index (χ2v) is 7.71. The number of amides is 2. The molecule has 2 heterocycles. The molecule has 4 rings (SSSR count). The average Bonchev–Trinajstić information content (AvgIpc) is 2.51. The predicted molar refractivity (Wildman–Crippen MR) is 97.5 cm³/mol. The Hall–Kier alpha value is -2.01. The molecule has 4 nitrogen and oxygen atoms in total. The van der Waals surface area contributed by atoms with Crippen molar-refractivity contribution in [2.75, 3.05) is 4.90 Å². The van der Waals surface area contributed by atoms with Gasteiger partial charge in [-0.25, -0.2) is 4.79 Å². The molecule has 124 valence electrons. The van der Waals surface area contributed by atoms with Gasteiger partial charge in [0, 0.05) is 16.5 Å². The number of nitrogens with zero attached hydrogens (tertiary/aromatic N) is 1. The maximum atomic E-state index is 12.9. The minimum absolute atomic E-state index is 0.0369. The van der Waals surface area contributed by atoms with Gasteiger partial charge in [-0.05, 0) is 56.2 Å². The monoisotopic (exact) mass is 386 g/mol. The van der Waals surface area contributed by atoms with Crippen LogP contribution in [0.5, 0.6) is 5.75 Å². The quantitative estimate of drug-likeness (QED) is 0.761. The summed E-state index contributed by atoms with van der Waals surface area (Å²) in [5.74, 6) is 0.826. The highest BCUT2D eigenvalue weighted by molar-refractivity contribution is 9.10. The number of anilines is 1. The summed E-state index contributed by atoms with van der Waals surface area (Å²) in [6.07, 6.45) is 0.704. The van der Waals surface area contributed by atoms with Gasteiger partial charge in [0.15, 0.2) is 5.72 Å². The van der Waals surface area contributed by atoms with Gasteiger partial charge < -0.3 is 10.1 Å². The van der Waals surface area contributed by atoms with Crippen molar-refractivity contribution in [3.63, 3.8) is 0 Å². The number of rotatable bonds is 1. The Kier molecular flexibility index (Phi) is 3.39. The van der Waals surface area contributed by atoms with Gasteiger partial charge >= 0.3 is 6.03 Å². The number of urea groups is 1. The molecule has 2 aliphatic rings. The molecule has 2 aromatic rings. The Balaban J connectivity index is 1.83. The molecule has 0 aromatic heterocycles. The molecule has 2 atom stereocenters. The third-order valence-corrected chi connectivity index (χ3v) is 5.33. The van der Waals surface area contributed by atoms with Crippen LogP contribution in [0.2, 0.25) is 0 Å². The Morgan fingerprint density at radius 1 is 1.25 bits per heavy atom. The Morgan fingerprint density at radius 2 is 2.04 bits per heavy atom. The Labute approximate surface area is 149 Å². The third kappa shape index (κ3) is 2.30. The highest BCUT2D eigenvalue weighted by Gasteiger charge is 2.50. The minimum atomic E-state index is -0.702. The normalized spacial score (nSPS) is 24.9. The SMILES string of the molecule is Cc1ccc(C)c(N2C(=O)N[C@H]3C[C@]2(C)Oc2ccc(Br)cc23)c1. The van der Waals surface area contributed by atoms with Crippen LogP contribution in [0.1, 0.15) is 36.1 Å². The number of ether oxygens (including phenoxy) is 1. The molecule has 0 spiro atoms. The average molecular weight is 387 g/mol. The van der Waals surface area contributed by atoms with Crippen LogP contribution in [0, 0.1) is 13.8 Å². The van der Waals surface area contributed by atoms with Crippen molar-refractivity contribution >= 4 is 27.6 Å². The largest absolute Gasteiger partial charge is 0.467 e. The number of halogens is 1. The fraction of sp³-hybridized carbons (Fsp3) is 0.316. The van der Waals surface area contributed by atoms with Gasteiger partial charge in [0.25, 0.3) is 0 Å². The maximum absolute atomic E-state index is 12.9. The number of fused-ring (bicyclic) bond motifs is 4. The van der Waals surface area contributed by atoms with Crippen LogP contribution in [-0.4, -0.2) is 11.8 Å². The summed E-state index contributed by atoms with van der Waals surface area (Å²) in [4.78, 5) is 14.7. The van der Waals surface area contributed by atoms with E-state index in [1.54, 1.807) is 4.90 Å². The molecule has 5 heteroatoms. The first-order valence-electron chi connectivity index (χ1n) is 8.04. The van der Waals surface area contributed by atoms with Gasteiger partial charge in [-0.2, -0.15) is 0 Å². The lowest BCUT2D eigenvalue weighted by molar-refractivity contribution is 0.0377. The smallest absolute Gasteiger partial charge is 0.325 e. The number of carbonyl (C=O) groups is 1. The van der Waals surface area contributed by atoms with E-state index in [1.165, 1.54) is 0 Å². The molecule has 1 saturated heterocycles. The molecular weight excluding hydrogens is 368 g/mol. The van der Waals surface area contributed by atoms with Crippen LogP contribution >= 0.6 is 15.9 Å². The van der Waals surface area contributed by atoms with Gasteiger partial charge in [0.05, 0.1) is 11.7 Å². The fourth-order valence-electron chi connectivity index (χ4n) is 3.67. The van der Waals surface area contributed by atoms with E-state index >= 15 is 0 Å². The van der Waals surface area contributed by atoms with Crippen molar-refractivity contribution in [1.82, 2.24) is 5.32 Å². The van der Waals surface area contributed by atoms with E-state index < -0.39 is 5.72 Å². The van der Waals surface area contributed by atoms with Crippen LogP contribution in [-0.2, 0) is 0 Å². The zero-order valence-electron chi connectivity index (χ0n) is 13.9. The van der Waals surface area contributed by atoms with Gasteiger partial charge in [0.1, 0.15) is 5.75 Å². The van der Waals surface area contributed by atoms with Gasteiger partial charge in [-0.15, -0.1) is 0 Å². The molecule has 24 heavy (non-hydrogen) atoms. The number of aryl methyl sites for hydroxylation is 2. The van der Waals surface area contributed by atoms with Crippen molar-refractivity contribution < 1.29 is 9.53 Å². The van der Waals surface area contributed by atoms with E-state index in [2.05, 4.69) is 27.3 Å². The molecule has 0 saturated carbocycles. The van der Waals surface area contributed by atoms with Crippen LogP contribution in [0.4, 0.5) is 10.5 Å². The fourth-order valence-corrected chi connectivity index (χ4v) is 4.05. The summed E-state index contributed by atoms with van der Waals surface area (Å²) in [5, 5.41) is 3.14. The van der Waals surface area contributed by atoms with E-state index in [0.717, 1.165) is 32.6 Å². The van der Waals surface area contributed by atoms with Crippen molar-refractivity contribution in [3.8, 4) is 5.75 Å². The van der Waals surface area contributed by atoms with E-state index in [1.807, 2.05) is 51.1 Å².